The van der Waals surface area contributed by atoms with Gasteiger partial charge in [-0.1, -0.05) is 22.4 Å². The standard InChI is InChI=1S/C15H19BrO3/c1-11(17)12-4-5-13(14(8-12)18-2)19-10-15(9-16)6-3-7-15/h4-5,8H,3,6-7,9-10H2,1-2H3. The van der Waals surface area contributed by atoms with Crippen LogP contribution in [0.3, 0.4) is 0 Å². The summed E-state index contributed by atoms with van der Waals surface area (Å²) in [6, 6.07) is 5.33. The smallest absolute Gasteiger partial charge is 0.161 e. The molecule has 0 aromatic heterocycles. The second-order valence-corrected chi connectivity index (χ2v) is 5.76. The number of alkyl halides is 1. The van der Waals surface area contributed by atoms with Crippen LogP contribution in [0.2, 0.25) is 0 Å². The Morgan fingerprint density at radius 3 is 2.58 bits per heavy atom. The van der Waals surface area contributed by atoms with Crippen LogP contribution in [0, 0.1) is 5.41 Å². The first kappa shape index (κ1) is 14.4. The summed E-state index contributed by atoms with van der Waals surface area (Å²) in [5, 5.41) is 0.966. The van der Waals surface area contributed by atoms with Crippen molar-refractivity contribution in [1.82, 2.24) is 0 Å². The van der Waals surface area contributed by atoms with Crippen molar-refractivity contribution < 1.29 is 14.3 Å². The van der Waals surface area contributed by atoms with Crippen LogP contribution in [0.4, 0.5) is 0 Å². The van der Waals surface area contributed by atoms with Crippen LogP contribution in [0.25, 0.3) is 0 Å². The van der Waals surface area contributed by atoms with Gasteiger partial charge in [0.05, 0.1) is 13.7 Å². The summed E-state index contributed by atoms with van der Waals surface area (Å²) in [6.07, 6.45) is 3.67. The molecule has 1 aromatic carbocycles. The Bertz CT molecular complexity index is 461. The fourth-order valence-corrected chi connectivity index (χ4v) is 2.95. The summed E-state index contributed by atoms with van der Waals surface area (Å²) in [5.41, 5.74) is 0.910. The molecule has 0 aliphatic heterocycles. The van der Waals surface area contributed by atoms with Gasteiger partial charge in [0, 0.05) is 16.3 Å². The Hall–Kier alpha value is -1.03. The average molecular weight is 327 g/mol. The van der Waals surface area contributed by atoms with Crippen LogP contribution in [0.1, 0.15) is 36.5 Å². The van der Waals surface area contributed by atoms with Crippen molar-refractivity contribution in [3.8, 4) is 11.5 Å². The van der Waals surface area contributed by atoms with Gasteiger partial charge >= 0.3 is 0 Å². The quantitative estimate of drug-likeness (QED) is 0.588. The zero-order valence-electron chi connectivity index (χ0n) is 11.4. The van der Waals surface area contributed by atoms with Gasteiger partial charge in [0.15, 0.2) is 17.3 Å². The number of carbonyl (C=O) groups is 1. The molecule has 3 nitrogen and oxygen atoms in total. The highest BCUT2D eigenvalue weighted by molar-refractivity contribution is 9.09. The Balaban J connectivity index is 2.09. The molecule has 1 aromatic rings. The van der Waals surface area contributed by atoms with Crippen molar-refractivity contribution in [3.63, 3.8) is 0 Å². The lowest BCUT2D eigenvalue weighted by Crippen LogP contribution is -2.37. The first-order valence-corrected chi connectivity index (χ1v) is 7.60. The van der Waals surface area contributed by atoms with Gasteiger partial charge in [-0.15, -0.1) is 0 Å². The number of ketones is 1. The lowest BCUT2D eigenvalue weighted by atomic mass is 9.71. The Morgan fingerprint density at radius 2 is 2.11 bits per heavy atom. The first-order valence-electron chi connectivity index (χ1n) is 6.48. The SMILES string of the molecule is COc1cc(C(C)=O)ccc1OCC1(CBr)CCC1. The minimum absolute atomic E-state index is 0.0285. The molecule has 0 saturated heterocycles. The van der Waals surface area contributed by atoms with Crippen molar-refractivity contribution in [1.29, 1.82) is 0 Å². The molecule has 1 aliphatic rings. The topological polar surface area (TPSA) is 35.5 Å². The fourth-order valence-electron chi connectivity index (χ4n) is 2.23. The van der Waals surface area contributed by atoms with Crippen molar-refractivity contribution in [2.45, 2.75) is 26.2 Å². The molecule has 0 N–H and O–H groups in total. The van der Waals surface area contributed by atoms with Gasteiger partial charge in [0.2, 0.25) is 0 Å². The summed E-state index contributed by atoms with van der Waals surface area (Å²) in [4.78, 5) is 11.3. The van der Waals surface area contributed by atoms with E-state index in [1.807, 2.05) is 6.07 Å². The maximum atomic E-state index is 11.3. The number of carbonyl (C=O) groups excluding carboxylic acids is 1. The van der Waals surface area contributed by atoms with Crippen LogP contribution in [0.15, 0.2) is 18.2 Å². The molecule has 4 heteroatoms. The van der Waals surface area contributed by atoms with Gasteiger partial charge in [-0.25, -0.2) is 0 Å². The van der Waals surface area contributed by atoms with Crippen molar-refractivity contribution >= 4 is 21.7 Å². The van der Waals surface area contributed by atoms with Crippen LogP contribution in [-0.4, -0.2) is 24.8 Å². The Labute approximate surface area is 122 Å². The van der Waals surface area contributed by atoms with Crippen LogP contribution < -0.4 is 9.47 Å². The fraction of sp³-hybridized carbons (Fsp3) is 0.533. The first-order chi connectivity index (χ1) is 9.10. The van der Waals surface area contributed by atoms with Crippen LogP contribution >= 0.6 is 15.9 Å². The molecule has 0 unspecified atom stereocenters. The number of hydrogen-bond donors (Lipinski definition) is 0. The van der Waals surface area contributed by atoms with E-state index in [4.69, 9.17) is 9.47 Å². The third-order valence-corrected chi connectivity index (χ3v) is 4.99. The van der Waals surface area contributed by atoms with E-state index in [-0.39, 0.29) is 11.2 Å². The zero-order chi connectivity index (χ0) is 13.9. The van der Waals surface area contributed by atoms with Crippen molar-refractivity contribution in [3.05, 3.63) is 23.8 Å². The summed E-state index contributed by atoms with van der Waals surface area (Å²) < 4.78 is 11.2. The molecule has 0 bridgehead atoms. The van der Waals surface area contributed by atoms with Gasteiger partial charge in [-0.3, -0.25) is 4.79 Å². The molecule has 1 aliphatic carbocycles. The monoisotopic (exact) mass is 326 g/mol. The van der Waals surface area contributed by atoms with Gasteiger partial charge in [-0.2, -0.15) is 0 Å². The molecule has 0 spiro atoms. The largest absolute Gasteiger partial charge is 0.493 e. The lowest BCUT2D eigenvalue weighted by Gasteiger charge is -2.40. The molecule has 104 valence electrons. The molecular formula is C15H19BrO3. The predicted octanol–water partition coefficient (Wildman–Crippen LogP) is 3.84. The van der Waals surface area contributed by atoms with Crippen LogP contribution in [-0.2, 0) is 0 Å². The molecule has 1 saturated carbocycles. The number of ether oxygens (including phenoxy) is 2. The minimum Gasteiger partial charge on any atom is -0.493 e. The van der Waals surface area contributed by atoms with E-state index in [0.29, 0.717) is 23.7 Å². The molecule has 0 amide bonds. The molecular weight excluding hydrogens is 308 g/mol. The highest BCUT2D eigenvalue weighted by Gasteiger charge is 2.36. The number of hydrogen-bond acceptors (Lipinski definition) is 3. The second kappa shape index (κ2) is 5.95. The van der Waals surface area contributed by atoms with E-state index in [1.54, 1.807) is 26.2 Å². The second-order valence-electron chi connectivity index (χ2n) is 5.20. The number of halogens is 1. The van der Waals surface area contributed by atoms with Crippen LogP contribution in [0.5, 0.6) is 11.5 Å². The molecule has 1 fully saturated rings. The van der Waals surface area contributed by atoms with E-state index < -0.39 is 0 Å². The molecule has 0 atom stereocenters. The maximum absolute atomic E-state index is 11.3. The van der Waals surface area contributed by atoms with Gasteiger partial charge in [-0.05, 0) is 38.0 Å². The van der Waals surface area contributed by atoms with Crippen molar-refractivity contribution in [2.75, 3.05) is 19.0 Å². The number of methoxy groups -OCH3 is 1. The number of rotatable bonds is 6. The lowest BCUT2D eigenvalue weighted by molar-refractivity contribution is 0.0820. The van der Waals surface area contributed by atoms with Crippen molar-refractivity contribution in [2.24, 2.45) is 5.41 Å². The third-order valence-electron chi connectivity index (χ3n) is 3.80. The molecule has 19 heavy (non-hydrogen) atoms. The Morgan fingerprint density at radius 1 is 1.37 bits per heavy atom. The highest BCUT2D eigenvalue weighted by Crippen LogP contribution is 2.43. The summed E-state index contributed by atoms with van der Waals surface area (Å²) >= 11 is 3.57. The summed E-state index contributed by atoms with van der Waals surface area (Å²) in [6.45, 7) is 2.23. The van der Waals surface area contributed by atoms with E-state index in [1.165, 1.54) is 19.3 Å². The van der Waals surface area contributed by atoms with E-state index >= 15 is 0 Å². The van der Waals surface area contributed by atoms with E-state index in [2.05, 4.69) is 15.9 Å². The minimum atomic E-state index is 0.0285. The number of benzene rings is 1. The molecule has 0 radical (unpaired) electrons. The highest BCUT2D eigenvalue weighted by atomic mass is 79.9. The normalized spacial score (nSPS) is 16.6. The zero-order valence-corrected chi connectivity index (χ0v) is 13.0. The summed E-state index contributed by atoms with van der Waals surface area (Å²) in [5.74, 6) is 1.36. The summed E-state index contributed by atoms with van der Waals surface area (Å²) in [7, 11) is 1.59. The van der Waals surface area contributed by atoms with Gasteiger partial charge in [0.1, 0.15) is 0 Å². The van der Waals surface area contributed by atoms with Gasteiger partial charge in [0.25, 0.3) is 0 Å². The molecule has 2 rings (SSSR count). The number of Topliss-reactive ketones (excluding diaryl/α,β-unsaturated/α-hetero) is 1. The maximum Gasteiger partial charge on any atom is 0.161 e. The van der Waals surface area contributed by atoms with Gasteiger partial charge < -0.3 is 9.47 Å². The predicted molar refractivity (Wildman–Crippen MR) is 78.6 cm³/mol. The third kappa shape index (κ3) is 3.11. The molecule has 0 heterocycles. The van der Waals surface area contributed by atoms with E-state index in [9.17, 15) is 4.79 Å². The average Bonchev–Trinajstić information content (AvgIpc) is 2.37. The Kier molecular flexibility index (Phi) is 4.50. The van der Waals surface area contributed by atoms with E-state index in [0.717, 1.165) is 5.33 Å².